The van der Waals surface area contributed by atoms with Crippen LogP contribution in [0.4, 0.5) is 5.69 Å². The summed E-state index contributed by atoms with van der Waals surface area (Å²) in [5.41, 5.74) is -0.613. The van der Waals surface area contributed by atoms with E-state index in [0.29, 0.717) is 16.9 Å². The minimum absolute atomic E-state index is 0.00439. The lowest BCUT2D eigenvalue weighted by Crippen LogP contribution is -2.39. The van der Waals surface area contributed by atoms with Gasteiger partial charge in [0.25, 0.3) is 5.91 Å². The second-order valence-electron chi connectivity index (χ2n) is 6.72. The Morgan fingerprint density at radius 3 is 2.74 bits per heavy atom. The van der Waals surface area contributed by atoms with Gasteiger partial charge in [-0.15, -0.1) is 5.10 Å². The maximum absolute atomic E-state index is 13.0. The molecular formula is C17H17N4O5P. The molecule has 9 nitrogen and oxygen atoms in total. The van der Waals surface area contributed by atoms with Crippen LogP contribution in [0.3, 0.4) is 0 Å². The molecule has 2 heterocycles. The van der Waals surface area contributed by atoms with Crippen LogP contribution in [0.25, 0.3) is 0 Å². The van der Waals surface area contributed by atoms with Crippen molar-refractivity contribution >= 4 is 19.2 Å². The lowest BCUT2D eigenvalue weighted by atomic mass is 9.96. The second kappa shape index (κ2) is 6.29. The third-order valence-corrected chi connectivity index (χ3v) is 5.07. The Balaban J connectivity index is 1.63. The molecule has 1 aromatic heterocycles. The smallest absolute Gasteiger partial charge is 0.346 e. The molecule has 1 amide bonds. The van der Waals surface area contributed by atoms with Gasteiger partial charge < -0.3 is 19.8 Å². The molecule has 1 unspecified atom stereocenters. The highest BCUT2D eigenvalue weighted by Gasteiger charge is 2.49. The molecule has 140 valence electrons. The number of anilines is 1. The molecule has 0 spiro atoms. The Bertz CT molecular complexity index is 1020. The molecule has 3 N–H and O–H groups in total. The summed E-state index contributed by atoms with van der Waals surface area (Å²) in [4.78, 5) is 32.4. The Hall–Kier alpha value is -2.50. The Morgan fingerprint density at radius 2 is 2.04 bits per heavy atom. The molecule has 1 aromatic carbocycles. The number of para-hydroxylation sites is 1. The molecule has 4 rings (SSSR count). The second-order valence-corrected chi connectivity index (χ2v) is 8.33. The molecule has 2 aliphatic rings. The van der Waals surface area contributed by atoms with E-state index in [1.165, 1.54) is 11.1 Å². The third-order valence-electron chi connectivity index (χ3n) is 4.41. The van der Waals surface area contributed by atoms with E-state index in [1.54, 1.807) is 24.3 Å². The van der Waals surface area contributed by atoms with Crippen molar-refractivity contribution in [2.45, 2.75) is 31.3 Å². The van der Waals surface area contributed by atoms with Crippen LogP contribution in [0.5, 0.6) is 0 Å². The minimum atomic E-state index is -4.29. The van der Waals surface area contributed by atoms with E-state index in [-0.39, 0.29) is 12.5 Å². The Morgan fingerprint density at radius 1 is 1.30 bits per heavy atom. The van der Waals surface area contributed by atoms with Crippen molar-refractivity contribution in [1.29, 1.82) is 0 Å². The lowest BCUT2D eigenvalue weighted by Gasteiger charge is -2.17. The summed E-state index contributed by atoms with van der Waals surface area (Å²) >= 11 is 0. The van der Waals surface area contributed by atoms with Crippen LogP contribution in [0.15, 0.2) is 30.5 Å². The molecule has 1 fully saturated rings. The van der Waals surface area contributed by atoms with Crippen molar-refractivity contribution in [2.75, 3.05) is 4.90 Å². The Labute approximate surface area is 154 Å². The molecule has 0 saturated heterocycles. The maximum atomic E-state index is 13.0. The van der Waals surface area contributed by atoms with E-state index < -0.39 is 25.4 Å². The van der Waals surface area contributed by atoms with Gasteiger partial charge in [-0.2, -0.15) is 0 Å². The Kier molecular flexibility index (Phi) is 4.17. The van der Waals surface area contributed by atoms with E-state index in [2.05, 4.69) is 22.2 Å². The van der Waals surface area contributed by atoms with Crippen LogP contribution < -0.4 is 4.90 Å². The number of carbonyl (C=O) groups is 1. The minimum Gasteiger partial charge on any atom is -0.366 e. The van der Waals surface area contributed by atoms with E-state index in [9.17, 15) is 14.5 Å². The highest BCUT2D eigenvalue weighted by atomic mass is 31.2. The first kappa shape index (κ1) is 17.9. The fourth-order valence-electron chi connectivity index (χ4n) is 2.98. The van der Waals surface area contributed by atoms with E-state index in [1.807, 2.05) is 0 Å². The van der Waals surface area contributed by atoms with E-state index in [0.717, 1.165) is 17.5 Å². The number of aliphatic hydroxyl groups is 1. The third kappa shape index (κ3) is 3.53. The molecule has 1 saturated carbocycles. The average molecular weight is 388 g/mol. The SMILES string of the molecule is O=C1N(Cc2cn(CP(=O)(O)O)nn2)c2ccccc2C1(O)C#CC1CC1. The summed E-state index contributed by atoms with van der Waals surface area (Å²) in [5, 5.41) is 18.5. The van der Waals surface area contributed by atoms with Gasteiger partial charge in [0.05, 0.1) is 18.4 Å². The molecule has 1 atom stereocenters. The van der Waals surface area contributed by atoms with Gasteiger partial charge >= 0.3 is 7.60 Å². The van der Waals surface area contributed by atoms with Gasteiger partial charge in [0, 0.05) is 11.5 Å². The average Bonchev–Trinajstić information content (AvgIpc) is 3.31. The predicted octanol–water partition coefficient (Wildman–Crippen LogP) is 0.561. The van der Waals surface area contributed by atoms with E-state index >= 15 is 0 Å². The number of fused-ring (bicyclic) bond motifs is 1. The van der Waals surface area contributed by atoms with Crippen molar-refractivity contribution in [1.82, 2.24) is 15.0 Å². The number of amides is 1. The highest BCUT2D eigenvalue weighted by molar-refractivity contribution is 7.50. The number of aromatic nitrogens is 3. The summed E-state index contributed by atoms with van der Waals surface area (Å²) in [6.07, 6.45) is 2.72. The van der Waals surface area contributed by atoms with Gasteiger partial charge in [-0.05, 0) is 18.9 Å². The first-order valence-corrected chi connectivity index (χ1v) is 10.2. The van der Waals surface area contributed by atoms with Crippen LogP contribution in [-0.2, 0) is 27.8 Å². The fraction of sp³-hybridized carbons (Fsp3) is 0.353. The number of carbonyl (C=O) groups excluding carboxylic acids is 1. The summed E-state index contributed by atoms with van der Waals surface area (Å²) in [7, 11) is -4.29. The summed E-state index contributed by atoms with van der Waals surface area (Å²) in [6, 6.07) is 6.86. The van der Waals surface area contributed by atoms with Gasteiger partial charge in [-0.3, -0.25) is 9.36 Å². The van der Waals surface area contributed by atoms with Crippen molar-refractivity contribution in [3.8, 4) is 11.8 Å². The van der Waals surface area contributed by atoms with Crippen LogP contribution in [-0.4, -0.2) is 35.8 Å². The van der Waals surface area contributed by atoms with Crippen LogP contribution in [0.1, 0.15) is 24.1 Å². The van der Waals surface area contributed by atoms with Crippen molar-refractivity contribution in [2.24, 2.45) is 5.92 Å². The molecule has 10 heteroatoms. The summed E-state index contributed by atoms with van der Waals surface area (Å²) < 4.78 is 12.1. The lowest BCUT2D eigenvalue weighted by molar-refractivity contribution is -0.130. The quantitative estimate of drug-likeness (QED) is 0.516. The van der Waals surface area contributed by atoms with Crippen molar-refractivity contribution in [3.63, 3.8) is 0 Å². The van der Waals surface area contributed by atoms with Gasteiger partial charge in [0.2, 0.25) is 5.60 Å². The number of rotatable bonds is 4. The molecular weight excluding hydrogens is 371 g/mol. The zero-order valence-electron chi connectivity index (χ0n) is 14.2. The largest absolute Gasteiger partial charge is 0.366 e. The van der Waals surface area contributed by atoms with Gasteiger partial charge in [-0.25, -0.2) is 4.68 Å². The topological polar surface area (TPSA) is 129 Å². The predicted molar refractivity (Wildman–Crippen MR) is 94.1 cm³/mol. The number of benzene rings is 1. The molecule has 27 heavy (non-hydrogen) atoms. The normalized spacial score (nSPS) is 21.7. The summed E-state index contributed by atoms with van der Waals surface area (Å²) in [6.45, 7) is 0.00439. The first-order valence-electron chi connectivity index (χ1n) is 8.36. The number of hydrogen-bond acceptors (Lipinski definition) is 5. The maximum Gasteiger partial charge on any atom is 0.346 e. The van der Waals surface area contributed by atoms with Gasteiger partial charge in [-0.1, -0.05) is 35.3 Å². The van der Waals surface area contributed by atoms with Crippen molar-refractivity contribution in [3.05, 3.63) is 41.7 Å². The highest BCUT2D eigenvalue weighted by Crippen LogP contribution is 2.41. The zero-order valence-corrected chi connectivity index (χ0v) is 15.1. The number of nitrogens with zero attached hydrogens (tertiary/aromatic N) is 4. The van der Waals surface area contributed by atoms with Crippen LogP contribution >= 0.6 is 7.60 Å². The fourth-order valence-corrected chi connectivity index (χ4v) is 3.49. The zero-order chi connectivity index (χ0) is 19.2. The van der Waals surface area contributed by atoms with E-state index in [4.69, 9.17) is 9.79 Å². The summed E-state index contributed by atoms with van der Waals surface area (Å²) in [5.74, 6) is 5.37. The van der Waals surface area contributed by atoms with Crippen LogP contribution in [0.2, 0.25) is 0 Å². The number of hydrogen-bond donors (Lipinski definition) is 3. The van der Waals surface area contributed by atoms with Crippen molar-refractivity contribution < 1.29 is 24.3 Å². The van der Waals surface area contributed by atoms with Crippen LogP contribution in [0, 0.1) is 17.8 Å². The molecule has 0 radical (unpaired) electrons. The molecule has 2 aromatic rings. The molecule has 1 aliphatic heterocycles. The molecule has 0 bridgehead atoms. The standard InChI is InChI=1S/C17H17N4O5P/c22-16-17(23,8-7-12-5-6-12)14-3-1-2-4-15(14)21(16)10-13-9-20(19-18-13)11-27(24,25)26/h1-4,9,12,23H,5-6,10-11H2,(H2,24,25,26). The van der Waals surface area contributed by atoms with Gasteiger partial charge in [0.1, 0.15) is 12.0 Å². The van der Waals surface area contributed by atoms with Gasteiger partial charge in [0.15, 0.2) is 0 Å². The monoisotopic (exact) mass is 388 g/mol. The first-order chi connectivity index (χ1) is 12.8. The molecule has 1 aliphatic carbocycles.